The number of benzene rings is 2. The molecule has 25 heavy (non-hydrogen) atoms. The first-order valence-corrected chi connectivity index (χ1v) is 8.86. The molecule has 2 aromatic carbocycles. The van der Waals surface area contributed by atoms with Crippen LogP contribution in [0.25, 0.3) is 0 Å². The highest BCUT2D eigenvalue weighted by atomic mass is 79.9. The Morgan fingerprint density at radius 1 is 1.00 bits per heavy atom. The van der Waals surface area contributed by atoms with Gasteiger partial charge >= 0.3 is 6.03 Å². The first-order valence-electron chi connectivity index (χ1n) is 7.27. The molecule has 134 valence electrons. The summed E-state index contributed by atoms with van der Waals surface area (Å²) < 4.78 is 17.6. The van der Waals surface area contributed by atoms with Crippen molar-refractivity contribution in [2.24, 2.45) is 0 Å². The maximum Gasteiger partial charge on any atom is 0.319 e. The number of rotatable bonds is 6. The Labute approximate surface area is 163 Å². The van der Waals surface area contributed by atoms with Crippen LogP contribution in [0.2, 0.25) is 0 Å². The lowest BCUT2D eigenvalue weighted by Gasteiger charge is -2.15. The van der Waals surface area contributed by atoms with E-state index in [1.54, 1.807) is 33.5 Å². The van der Waals surface area contributed by atoms with Crippen LogP contribution in [0.1, 0.15) is 5.56 Å². The highest BCUT2D eigenvalue weighted by molar-refractivity contribution is 9.11. The van der Waals surface area contributed by atoms with E-state index in [4.69, 9.17) is 14.2 Å². The predicted molar refractivity (Wildman–Crippen MR) is 104 cm³/mol. The summed E-state index contributed by atoms with van der Waals surface area (Å²) in [6.07, 6.45) is 0. The number of methoxy groups -OCH3 is 3. The third-order valence-corrected chi connectivity index (χ3v) is 4.54. The van der Waals surface area contributed by atoms with Crippen LogP contribution in [0, 0.1) is 0 Å². The van der Waals surface area contributed by atoms with Gasteiger partial charge in [0.2, 0.25) is 5.75 Å². The van der Waals surface area contributed by atoms with Crippen LogP contribution in [-0.4, -0.2) is 27.4 Å². The summed E-state index contributed by atoms with van der Waals surface area (Å²) in [7, 11) is 4.64. The van der Waals surface area contributed by atoms with Crippen molar-refractivity contribution in [2.45, 2.75) is 6.54 Å². The smallest absolute Gasteiger partial charge is 0.319 e. The van der Waals surface area contributed by atoms with Crippen LogP contribution in [0.3, 0.4) is 0 Å². The molecule has 2 amide bonds. The van der Waals surface area contributed by atoms with Crippen molar-refractivity contribution in [2.75, 3.05) is 26.6 Å². The second-order valence-corrected chi connectivity index (χ2v) is 6.74. The Hall–Kier alpha value is -1.93. The summed E-state index contributed by atoms with van der Waals surface area (Å²) in [5, 5.41) is 5.58. The van der Waals surface area contributed by atoms with Crippen molar-refractivity contribution in [1.29, 1.82) is 0 Å². The van der Waals surface area contributed by atoms with Gasteiger partial charge in [0, 0.05) is 15.5 Å². The molecule has 0 atom stereocenters. The molecule has 0 heterocycles. The molecule has 2 aromatic rings. The maximum atomic E-state index is 12.1. The van der Waals surface area contributed by atoms with Crippen molar-refractivity contribution >= 4 is 43.6 Å². The van der Waals surface area contributed by atoms with Gasteiger partial charge in [-0.15, -0.1) is 0 Å². The average Bonchev–Trinajstić information content (AvgIpc) is 2.61. The molecular weight excluding hydrogens is 456 g/mol. The Balaban J connectivity index is 2.07. The van der Waals surface area contributed by atoms with Crippen LogP contribution in [0.5, 0.6) is 17.2 Å². The monoisotopic (exact) mass is 472 g/mol. The second kappa shape index (κ2) is 8.96. The maximum absolute atomic E-state index is 12.1. The van der Waals surface area contributed by atoms with E-state index >= 15 is 0 Å². The number of ether oxygens (including phenoxy) is 3. The lowest BCUT2D eigenvalue weighted by molar-refractivity contribution is 0.251. The summed E-state index contributed by atoms with van der Waals surface area (Å²) in [4.78, 5) is 12.1. The fourth-order valence-electron chi connectivity index (χ4n) is 2.18. The van der Waals surface area contributed by atoms with Gasteiger partial charge in [-0.25, -0.2) is 4.79 Å². The summed E-state index contributed by atoms with van der Waals surface area (Å²) in [5.74, 6) is 1.58. The van der Waals surface area contributed by atoms with Crippen LogP contribution in [0.15, 0.2) is 39.3 Å². The first-order chi connectivity index (χ1) is 12.0. The second-order valence-electron chi connectivity index (χ2n) is 4.97. The number of urea groups is 1. The average molecular weight is 474 g/mol. The van der Waals surface area contributed by atoms with Gasteiger partial charge in [0.15, 0.2) is 11.5 Å². The minimum Gasteiger partial charge on any atom is -0.493 e. The molecule has 0 aliphatic carbocycles. The fourth-order valence-corrected chi connectivity index (χ4v) is 2.89. The van der Waals surface area contributed by atoms with E-state index in [-0.39, 0.29) is 6.03 Å². The molecule has 0 aliphatic rings. The number of amides is 2. The number of anilines is 1. The Morgan fingerprint density at radius 2 is 1.64 bits per heavy atom. The number of nitrogens with one attached hydrogen (secondary N) is 2. The standard InChI is InChI=1S/C17H18Br2N2O4/c1-23-14-6-10(7-15(24-2)16(14)25-3)9-20-17(22)21-13-8-11(18)4-5-12(13)19/h4-8H,9H2,1-3H3,(H2,20,21,22). The Kier molecular flexibility index (Phi) is 6.95. The van der Waals surface area contributed by atoms with Gasteiger partial charge in [-0.05, 0) is 51.8 Å². The van der Waals surface area contributed by atoms with Crippen LogP contribution in [0.4, 0.5) is 10.5 Å². The van der Waals surface area contributed by atoms with Crippen LogP contribution in [-0.2, 0) is 6.54 Å². The molecule has 0 aliphatic heterocycles. The van der Waals surface area contributed by atoms with Crippen LogP contribution >= 0.6 is 31.9 Å². The topological polar surface area (TPSA) is 68.8 Å². The van der Waals surface area contributed by atoms with Gasteiger partial charge in [0.05, 0.1) is 27.0 Å². The molecule has 6 nitrogen and oxygen atoms in total. The number of carbonyl (C=O) groups is 1. The largest absolute Gasteiger partial charge is 0.493 e. The lowest BCUT2D eigenvalue weighted by atomic mass is 10.2. The zero-order valence-electron chi connectivity index (χ0n) is 14.0. The predicted octanol–water partition coefficient (Wildman–Crippen LogP) is 4.56. The zero-order chi connectivity index (χ0) is 18.4. The van der Waals surface area contributed by atoms with E-state index in [9.17, 15) is 4.79 Å². The molecular formula is C17H18Br2N2O4. The molecule has 8 heteroatoms. The van der Waals surface area contributed by atoms with E-state index in [1.807, 2.05) is 18.2 Å². The normalized spacial score (nSPS) is 10.1. The van der Waals surface area contributed by atoms with Gasteiger partial charge in [0.25, 0.3) is 0 Å². The third-order valence-electron chi connectivity index (χ3n) is 3.35. The molecule has 0 spiro atoms. The number of hydrogen-bond donors (Lipinski definition) is 2. The molecule has 0 aromatic heterocycles. The molecule has 0 unspecified atom stereocenters. The van der Waals surface area contributed by atoms with Gasteiger partial charge in [-0.2, -0.15) is 0 Å². The molecule has 0 saturated carbocycles. The highest BCUT2D eigenvalue weighted by Crippen LogP contribution is 2.38. The quantitative estimate of drug-likeness (QED) is 0.645. The van der Waals surface area contributed by atoms with Crippen molar-refractivity contribution in [3.05, 3.63) is 44.8 Å². The molecule has 2 N–H and O–H groups in total. The minimum absolute atomic E-state index is 0.300. The van der Waals surface area contributed by atoms with E-state index in [2.05, 4.69) is 42.5 Å². The van der Waals surface area contributed by atoms with E-state index in [0.29, 0.717) is 29.5 Å². The fraction of sp³-hybridized carbons (Fsp3) is 0.235. The summed E-state index contributed by atoms with van der Waals surface area (Å²) >= 11 is 6.77. The molecule has 0 saturated heterocycles. The Bertz CT molecular complexity index is 743. The van der Waals surface area contributed by atoms with Crippen molar-refractivity contribution in [3.8, 4) is 17.2 Å². The number of carbonyl (C=O) groups excluding carboxylic acids is 1. The SMILES string of the molecule is COc1cc(CNC(=O)Nc2cc(Br)ccc2Br)cc(OC)c1OC. The van der Waals surface area contributed by atoms with Gasteiger partial charge in [0.1, 0.15) is 0 Å². The molecule has 0 fully saturated rings. The minimum atomic E-state index is -0.326. The summed E-state index contributed by atoms with van der Waals surface area (Å²) in [6, 6.07) is 8.78. The van der Waals surface area contributed by atoms with Crippen LogP contribution < -0.4 is 24.8 Å². The van der Waals surface area contributed by atoms with E-state index in [0.717, 1.165) is 14.5 Å². The zero-order valence-corrected chi connectivity index (χ0v) is 17.2. The molecule has 2 rings (SSSR count). The first kappa shape index (κ1) is 19.4. The van der Waals surface area contributed by atoms with E-state index in [1.165, 1.54) is 0 Å². The highest BCUT2D eigenvalue weighted by Gasteiger charge is 2.14. The number of halogens is 2. The van der Waals surface area contributed by atoms with Crippen molar-refractivity contribution < 1.29 is 19.0 Å². The van der Waals surface area contributed by atoms with Gasteiger partial charge < -0.3 is 24.8 Å². The third kappa shape index (κ3) is 5.02. The van der Waals surface area contributed by atoms with E-state index < -0.39 is 0 Å². The summed E-state index contributed by atoms with van der Waals surface area (Å²) in [6.45, 7) is 0.300. The molecule has 0 bridgehead atoms. The lowest BCUT2D eigenvalue weighted by Crippen LogP contribution is -2.28. The van der Waals surface area contributed by atoms with Gasteiger partial charge in [-0.3, -0.25) is 0 Å². The van der Waals surface area contributed by atoms with Crippen molar-refractivity contribution in [1.82, 2.24) is 5.32 Å². The van der Waals surface area contributed by atoms with Crippen molar-refractivity contribution in [3.63, 3.8) is 0 Å². The number of hydrogen-bond acceptors (Lipinski definition) is 4. The Morgan fingerprint density at radius 3 is 2.20 bits per heavy atom. The molecule has 0 radical (unpaired) electrons. The summed E-state index contributed by atoms with van der Waals surface area (Å²) in [5.41, 5.74) is 1.48. The van der Waals surface area contributed by atoms with Gasteiger partial charge in [-0.1, -0.05) is 15.9 Å².